The second-order valence-electron chi connectivity index (χ2n) is 9.16. The number of rotatable bonds is 12. The number of carboxylic acids is 1. The van der Waals surface area contributed by atoms with Crippen molar-refractivity contribution in [2.24, 2.45) is 5.92 Å². The number of nitrogens with zero attached hydrogens (tertiary/aromatic N) is 2. The van der Waals surface area contributed by atoms with E-state index in [1.165, 1.54) is 11.1 Å². The summed E-state index contributed by atoms with van der Waals surface area (Å²) in [6.45, 7) is 3.16. The van der Waals surface area contributed by atoms with E-state index >= 15 is 0 Å². The van der Waals surface area contributed by atoms with Crippen LogP contribution in [-0.2, 0) is 25.7 Å². The molecule has 3 N–H and O–H groups in total. The molecule has 0 fully saturated rings. The fraction of sp³-hybridized carbons (Fsp3) is 0.286. The van der Waals surface area contributed by atoms with Gasteiger partial charge in [0.05, 0.1) is 19.0 Å². The maximum absolute atomic E-state index is 13.7. The molecule has 10 nitrogen and oxygen atoms in total. The van der Waals surface area contributed by atoms with Crippen molar-refractivity contribution in [2.45, 2.75) is 38.9 Å². The van der Waals surface area contributed by atoms with Gasteiger partial charge in [0.25, 0.3) is 5.91 Å². The first-order chi connectivity index (χ1) is 18.2. The van der Waals surface area contributed by atoms with Gasteiger partial charge in [0.2, 0.25) is 11.8 Å². The first-order valence-corrected chi connectivity index (χ1v) is 12.1. The number of benzene rings is 2. The average molecular weight is 519 g/mol. The third-order valence-corrected chi connectivity index (χ3v) is 5.88. The van der Waals surface area contributed by atoms with Crippen LogP contribution >= 0.6 is 0 Å². The van der Waals surface area contributed by atoms with Crippen molar-refractivity contribution in [3.05, 3.63) is 78.1 Å². The maximum atomic E-state index is 13.7. The van der Waals surface area contributed by atoms with Gasteiger partial charge >= 0.3 is 5.97 Å². The third-order valence-electron chi connectivity index (χ3n) is 5.88. The second-order valence-corrected chi connectivity index (χ2v) is 9.16. The fourth-order valence-electron chi connectivity index (χ4n) is 3.98. The van der Waals surface area contributed by atoms with Crippen LogP contribution < -0.4 is 10.6 Å². The van der Waals surface area contributed by atoms with Crippen LogP contribution in [0.2, 0.25) is 0 Å². The van der Waals surface area contributed by atoms with Crippen LogP contribution in [-0.4, -0.2) is 63.6 Å². The van der Waals surface area contributed by atoms with Crippen LogP contribution in [0.4, 0.5) is 0 Å². The van der Waals surface area contributed by atoms with Crippen molar-refractivity contribution in [3.8, 4) is 0 Å². The zero-order valence-corrected chi connectivity index (χ0v) is 21.2. The number of fused-ring (bicyclic) bond motifs is 1. The lowest BCUT2D eigenvalue weighted by atomic mass is 10.0. The smallest absolute Gasteiger partial charge is 0.305 e. The van der Waals surface area contributed by atoms with Gasteiger partial charge in [-0.1, -0.05) is 68.4 Å². The minimum Gasteiger partial charge on any atom is -0.481 e. The number of amides is 3. The monoisotopic (exact) mass is 518 g/mol. The van der Waals surface area contributed by atoms with Gasteiger partial charge in [0.15, 0.2) is 0 Å². The molecule has 0 aliphatic heterocycles. The summed E-state index contributed by atoms with van der Waals surface area (Å²) in [4.78, 5) is 67.4. The second kappa shape index (κ2) is 13.1. The van der Waals surface area contributed by atoms with E-state index < -0.39 is 48.7 Å². The Kier molecular flexibility index (Phi) is 9.64. The Morgan fingerprint density at radius 1 is 0.974 bits per heavy atom. The van der Waals surface area contributed by atoms with Gasteiger partial charge in [-0.25, -0.2) is 0 Å². The molecule has 198 valence electrons. The summed E-state index contributed by atoms with van der Waals surface area (Å²) in [6.07, 6.45) is 1.28. The Morgan fingerprint density at radius 3 is 2.32 bits per heavy atom. The summed E-state index contributed by atoms with van der Waals surface area (Å²) in [5, 5.41) is 15.5. The van der Waals surface area contributed by atoms with Crippen molar-refractivity contribution in [1.29, 1.82) is 0 Å². The third kappa shape index (κ3) is 7.45. The highest BCUT2D eigenvalue weighted by atomic mass is 16.4. The predicted molar refractivity (Wildman–Crippen MR) is 140 cm³/mol. The quantitative estimate of drug-likeness (QED) is 0.312. The van der Waals surface area contributed by atoms with Gasteiger partial charge in [0.1, 0.15) is 18.0 Å². The Bertz CT molecular complexity index is 1310. The van der Waals surface area contributed by atoms with E-state index in [2.05, 4.69) is 15.6 Å². The summed E-state index contributed by atoms with van der Waals surface area (Å²) in [7, 11) is 0. The largest absolute Gasteiger partial charge is 0.481 e. The molecular weight excluding hydrogens is 488 g/mol. The SMILES string of the molecule is CC(C)[C@H](NC(=O)c1nccc2ccccc12)C(=O)N(CC(=O)N[C@H](C=O)CC(=O)O)Cc1ccccc1. The topological polar surface area (TPSA) is 146 Å². The summed E-state index contributed by atoms with van der Waals surface area (Å²) in [5.41, 5.74) is 0.923. The highest BCUT2D eigenvalue weighted by Gasteiger charge is 2.31. The molecule has 2 atom stereocenters. The van der Waals surface area contributed by atoms with E-state index in [0.29, 0.717) is 11.7 Å². The molecule has 0 spiro atoms. The first-order valence-electron chi connectivity index (χ1n) is 12.1. The van der Waals surface area contributed by atoms with Crippen LogP contribution in [0.1, 0.15) is 36.3 Å². The van der Waals surface area contributed by atoms with Crippen LogP contribution in [0.5, 0.6) is 0 Å². The van der Waals surface area contributed by atoms with Crippen LogP contribution in [0.3, 0.4) is 0 Å². The van der Waals surface area contributed by atoms with E-state index in [-0.39, 0.29) is 18.2 Å². The Hall–Kier alpha value is -4.60. The lowest BCUT2D eigenvalue weighted by Gasteiger charge is -2.30. The normalized spacial score (nSPS) is 12.4. The molecule has 0 saturated heterocycles. The average Bonchev–Trinajstić information content (AvgIpc) is 2.90. The summed E-state index contributed by atoms with van der Waals surface area (Å²) in [5.74, 6) is -3.31. The zero-order chi connectivity index (χ0) is 27.7. The number of carboxylic acid groups (broad SMARTS) is 1. The number of aromatic nitrogens is 1. The molecule has 38 heavy (non-hydrogen) atoms. The Balaban J connectivity index is 1.85. The number of hydrogen-bond donors (Lipinski definition) is 3. The molecule has 2 aromatic carbocycles. The van der Waals surface area contributed by atoms with Crippen molar-refractivity contribution in [3.63, 3.8) is 0 Å². The number of carbonyl (C=O) groups is 5. The van der Waals surface area contributed by atoms with Crippen molar-refractivity contribution in [2.75, 3.05) is 6.54 Å². The lowest BCUT2D eigenvalue weighted by molar-refractivity contribution is -0.141. The van der Waals surface area contributed by atoms with E-state index in [1.54, 1.807) is 56.3 Å². The van der Waals surface area contributed by atoms with Crippen LogP contribution in [0.25, 0.3) is 10.8 Å². The van der Waals surface area contributed by atoms with Crippen molar-refractivity contribution < 1.29 is 29.1 Å². The maximum Gasteiger partial charge on any atom is 0.305 e. The van der Waals surface area contributed by atoms with Crippen LogP contribution in [0.15, 0.2) is 66.9 Å². The minimum atomic E-state index is -1.25. The van der Waals surface area contributed by atoms with Gasteiger partial charge < -0.3 is 25.4 Å². The zero-order valence-electron chi connectivity index (χ0n) is 21.2. The van der Waals surface area contributed by atoms with Crippen LogP contribution in [0, 0.1) is 5.92 Å². The molecule has 3 aromatic rings. The van der Waals surface area contributed by atoms with Gasteiger partial charge in [-0.05, 0) is 22.9 Å². The fourth-order valence-corrected chi connectivity index (χ4v) is 3.98. The molecule has 10 heteroatoms. The predicted octanol–water partition coefficient (Wildman–Crippen LogP) is 2.18. The molecule has 3 rings (SSSR count). The first kappa shape index (κ1) is 28.0. The number of carbonyl (C=O) groups excluding carboxylic acids is 4. The summed E-state index contributed by atoms with van der Waals surface area (Å²) < 4.78 is 0. The van der Waals surface area contributed by atoms with E-state index in [1.807, 2.05) is 18.2 Å². The number of aldehydes is 1. The molecule has 0 aliphatic rings. The molecule has 3 amide bonds. The summed E-state index contributed by atoms with van der Waals surface area (Å²) in [6, 6.07) is 15.8. The molecule has 0 radical (unpaired) electrons. The molecule has 1 heterocycles. The molecule has 1 aromatic heterocycles. The number of nitrogens with one attached hydrogen (secondary N) is 2. The molecule has 0 aliphatic carbocycles. The van der Waals surface area contributed by atoms with Crippen molar-refractivity contribution >= 4 is 40.7 Å². The standard InChI is InChI=1S/C28H30N4O6/c1-18(2)25(31-27(37)26-22-11-7-6-10-20(22)12-13-29-26)28(38)32(15-19-8-4-3-5-9-19)16-23(34)30-21(17-33)14-24(35)36/h3-13,17-18,21,25H,14-16H2,1-2H3,(H,30,34)(H,31,37)(H,35,36)/t21-,25-/m0/s1. The Morgan fingerprint density at radius 2 is 1.66 bits per heavy atom. The number of pyridine rings is 1. The number of hydrogen-bond acceptors (Lipinski definition) is 6. The number of aliphatic carboxylic acids is 1. The molecule has 0 bridgehead atoms. The van der Waals surface area contributed by atoms with Gasteiger partial charge in [-0.2, -0.15) is 0 Å². The van der Waals surface area contributed by atoms with E-state index in [4.69, 9.17) is 5.11 Å². The lowest BCUT2D eigenvalue weighted by Crippen LogP contribution is -2.53. The van der Waals surface area contributed by atoms with E-state index in [0.717, 1.165) is 10.9 Å². The molecule has 0 unspecified atom stereocenters. The van der Waals surface area contributed by atoms with Gasteiger partial charge in [0, 0.05) is 18.1 Å². The minimum absolute atomic E-state index is 0.0589. The Labute approximate surface area is 220 Å². The van der Waals surface area contributed by atoms with Crippen molar-refractivity contribution in [1.82, 2.24) is 20.5 Å². The molecular formula is C28H30N4O6. The highest BCUT2D eigenvalue weighted by Crippen LogP contribution is 2.18. The highest BCUT2D eigenvalue weighted by molar-refractivity contribution is 6.06. The summed E-state index contributed by atoms with van der Waals surface area (Å²) >= 11 is 0. The van der Waals surface area contributed by atoms with Gasteiger partial charge in [-0.3, -0.25) is 24.2 Å². The van der Waals surface area contributed by atoms with E-state index in [9.17, 15) is 24.0 Å². The van der Waals surface area contributed by atoms with Gasteiger partial charge in [-0.15, -0.1) is 0 Å². The molecule has 0 saturated carbocycles.